The molecular formula is C22H18FNO6. The number of hydrogen-bond donors (Lipinski definition) is 1. The Labute approximate surface area is 170 Å². The van der Waals surface area contributed by atoms with Crippen LogP contribution in [-0.2, 0) is 25.7 Å². The lowest BCUT2D eigenvalue weighted by Crippen LogP contribution is -2.28. The summed E-state index contributed by atoms with van der Waals surface area (Å²) in [5, 5.41) is 3.18. The van der Waals surface area contributed by atoms with Crippen molar-refractivity contribution in [1.29, 1.82) is 0 Å². The molecule has 0 saturated heterocycles. The molecule has 8 heteroatoms. The molecule has 0 unspecified atom stereocenters. The Morgan fingerprint density at radius 2 is 2.00 bits per heavy atom. The fraction of sp³-hybridized carbons (Fsp3) is 0.227. The first kappa shape index (κ1) is 19.6. The van der Waals surface area contributed by atoms with Crippen molar-refractivity contribution in [3.63, 3.8) is 0 Å². The van der Waals surface area contributed by atoms with Gasteiger partial charge in [0.2, 0.25) is 11.7 Å². The van der Waals surface area contributed by atoms with Crippen LogP contribution in [-0.4, -0.2) is 24.5 Å². The molecule has 7 nitrogen and oxygen atoms in total. The Balaban J connectivity index is 1.60. The molecule has 2 heterocycles. The van der Waals surface area contributed by atoms with Crippen LogP contribution < -0.4 is 5.32 Å². The molecule has 0 radical (unpaired) electrons. The zero-order chi connectivity index (χ0) is 21.3. The van der Waals surface area contributed by atoms with Gasteiger partial charge in [0, 0.05) is 17.5 Å². The molecule has 0 saturated carbocycles. The molecule has 1 aliphatic rings. The van der Waals surface area contributed by atoms with Crippen LogP contribution in [0.2, 0.25) is 0 Å². The summed E-state index contributed by atoms with van der Waals surface area (Å²) in [5.41, 5.74) is 1.57. The van der Waals surface area contributed by atoms with Crippen LogP contribution in [0.4, 0.5) is 10.1 Å². The molecule has 154 valence electrons. The van der Waals surface area contributed by atoms with Crippen LogP contribution in [0.15, 0.2) is 46.9 Å². The first-order valence-corrected chi connectivity index (χ1v) is 9.41. The Morgan fingerprint density at radius 3 is 2.80 bits per heavy atom. The summed E-state index contributed by atoms with van der Waals surface area (Å²) < 4.78 is 29.6. The number of rotatable bonds is 5. The molecular weight excluding hydrogens is 393 g/mol. The second kappa shape index (κ2) is 7.98. The summed E-state index contributed by atoms with van der Waals surface area (Å²) in [4.78, 5) is 37.0. The Morgan fingerprint density at radius 1 is 1.20 bits per heavy atom. The molecule has 30 heavy (non-hydrogen) atoms. The van der Waals surface area contributed by atoms with Crippen molar-refractivity contribution >= 4 is 34.5 Å². The van der Waals surface area contributed by atoms with E-state index < -0.39 is 29.6 Å². The van der Waals surface area contributed by atoms with E-state index in [9.17, 15) is 18.8 Å². The van der Waals surface area contributed by atoms with Crippen LogP contribution in [0.1, 0.15) is 40.9 Å². The third-order valence-corrected chi connectivity index (χ3v) is 4.86. The van der Waals surface area contributed by atoms with E-state index in [-0.39, 0.29) is 31.1 Å². The molecule has 1 aromatic heterocycles. The van der Waals surface area contributed by atoms with E-state index in [4.69, 9.17) is 13.9 Å². The van der Waals surface area contributed by atoms with Gasteiger partial charge in [-0.3, -0.25) is 9.59 Å². The highest BCUT2D eigenvalue weighted by atomic mass is 19.1. The lowest BCUT2D eigenvalue weighted by molar-refractivity contribution is -0.148. The molecule has 1 amide bonds. The first-order valence-electron chi connectivity index (χ1n) is 9.41. The monoisotopic (exact) mass is 411 g/mol. The van der Waals surface area contributed by atoms with Gasteiger partial charge in [0.05, 0.1) is 18.1 Å². The van der Waals surface area contributed by atoms with Gasteiger partial charge in [-0.1, -0.05) is 24.3 Å². The first-order chi connectivity index (χ1) is 14.5. The van der Waals surface area contributed by atoms with E-state index in [2.05, 4.69) is 5.32 Å². The lowest BCUT2D eigenvalue weighted by Gasteiger charge is -2.24. The van der Waals surface area contributed by atoms with Gasteiger partial charge in [-0.15, -0.1) is 0 Å². The third-order valence-electron chi connectivity index (χ3n) is 4.86. The van der Waals surface area contributed by atoms with Gasteiger partial charge in [-0.2, -0.15) is 0 Å². The van der Waals surface area contributed by atoms with E-state index in [1.165, 1.54) is 12.1 Å². The molecule has 0 spiro atoms. The number of hydrogen-bond acceptors (Lipinski definition) is 6. The molecule has 0 aliphatic carbocycles. The van der Waals surface area contributed by atoms with Gasteiger partial charge in [0.25, 0.3) is 0 Å². The lowest BCUT2D eigenvalue weighted by atomic mass is 9.90. The number of carbonyl (C=O) groups is 3. The summed E-state index contributed by atoms with van der Waals surface area (Å²) in [6.45, 7) is 1.60. The second-order valence-corrected chi connectivity index (χ2v) is 6.77. The SMILES string of the molecule is CCOC(=O)c1oc2ccccc2c1COC(=O)[C@@H]1CC(=O)Nc2cc(F)ccc21. The number of benzene rings is 2. The standard InChI is InChI=1S/C22H18FNO6/c1-2-28-22(27)20-16(14-5-3-4-6-18(14)30-20)11-29-21(26)15-10-19(25)24-17-9-12(23)7-8-13(15)17/h3-9,15H,2,10-11H2,1H3,(H,24,25)/t15-/m1/s1. The molecule has 2 aromatic carbocycles. The van der Waals surface area contributed by atoms with E-state index in [0.717, 1.165) is 6.07 Å². The van der Waals surface area contributed by atoms with E-state index >= 15 is 0 Å². The van der Waals surface area contributed by atoms with Crippen molar-refractivity contribution in [3.8, 4) is 0 Å². The van der Waals surface area contributed by atoms with Crippen LogP contribution in [0, 0.1) is 5.82 Å². The van der Waals surface area contributed by atoms with Crippen molar-refractivity contribution in [2.45, 2.75) is 25.9 Å². The minimum Gasteiger partial charge on any atom is -0.460 e. The van der Waals surface area contributed by atoms with Crippen molar-refractivity contribution in [2.75, 3.05) is 11.9 Å². The average Bonchev–Trinajstić information content (AvgIpc) is 3.10. The molecule has 3 aromatic rings. The summed E-state index contributed by atoms with van der Waals surface area (Å²) in [6.07, 6.45) is -0.117. The van der Waals surface area contributed by atoms with Crippen LogP contribution in [0.5, 0.6) is 0 Å². The smallest absolute Gasteiger partial charge is 0.374 e. The Bertz CT molecular complexity index is 1150. The largest absolute Gasteiger partial charge is 0.460 e. The van der Waals surface area contributed by atoms with Gasteiger partial charge in [-0.25, -0.2) is 9.18 Å². The fourth-order valence-electron chi connectivity index (χ4n) is 3.50. The number of anilines is 1. The minimum absolute atomic E-state index is 0.0327. The topological polar surface area (TPSA) is 94.8 Å². The molecule has 1 N–H and O–H groups in total. The molecule has 1 atom stereocenters. The quantitative estimate of drug-likeness (QED) is 0.640. The van der Waals surface area contributed by atoms with Gasteiger partial charge in [0.1, 0.15) is 18.0 Å². The number of esters is 2. The zero-order valence-corrected chi connectivity index (χ0v) is 16.1. The summed E-state index contributed by atoms with van der Waals surface area (Å²) in [7, 11) is 0. The predicted molar refractivity (Wildman–Crippen MR) is 104 cm³/mol. The summed E-state index contributed by atoms with van der Waals surface area (Å²) in [6, 6.07) is 10.8. The maximum atomic E-state index is 13.5. The normalized spacial score (nSPS) is 15.4. The maximum Gasteiger partial charge on any atom is 0.374 e. The van der Waals surface area contributed by atoms with E-state index in [0.29, 0.717) is 22.1 Å². The van der Waals surface area contributed by atoms with Crippen LogP contribution in [0.25, 0.3) is 11.0 Å². The molecule has 1 aliphatic heterocycles. The van der Waals surface area contributed by atoms with Gasteiger partial charge in [0.15, 0.2) is 0 Å². The summed E-state index contributed by atoms with van der Waals surface area (Å²) >= 11 is 0. The predicted octanol–water partition coefficient (Wildman–Crippen LogP) is 3.92. The number of para-hydroxylation sites is 1. The molecule has 0 bridgehead atoms. The number of carbonyl (C=O) groups excluding carboxylic acids is 3. The zero-order valence-electron chi connectivity index (χ0n) is 16.1. The van der Waals surface area contributed by atoms with Crippen LogP contribution >= 0.6 is 0 Å². The van der Waals surface area contributed by atoms with Crippen molar-refractivity contribution < 1.29 is 32.7 Å². The number of nitrogens with one attached hydrogen (secondary N) is 1. The average molecular weight is 411 g/mol. The number of halogens is 1. The third kappa shape index (κ3) is 3.63. The van der Waals surface area contributed by atoms with Gasteiger partial charge in [-0.05, 0) is 30.7 Å². The second-order valence-electron chi connectivity index (χ2n) is 6.77. The molecule has 4 rings (SSSR count). The van der Waals surface area contributed by atoms with Crippen molar-refractivity contribution in [3.05, 3.63) is 65.2 Å². The highest BCUT2D eigenvalue weighted by Crippen LogP contribution is 2.34. The van der Waals surface area contributed by atoms with E-state index in [1.54, 1.807) is 31.2 Å². The Hall–Kier alpha value is -3.68. The molecule has 0 fully saturated rings. The number of fused-ring (bicyclic) bond motifs is 2. The van der Waals surface area contributed by atoms with E-state index in [1.807, 2.05) is 0 Å². The number of ether oxygens (including phenoxy) is 2. The summed E-state index contributed by atoms with van der Waals surface area (Å²) in [5.74, 6) is -3.15. The van der Waals surface area contributed by atoms with Gasteiger partial charge < -0.3 is 19.2 Å². The van der Waals surface area contributed by atoms with Crippen molar-refractivity contribution in [2.24, 2.45) is 0 Å². The fourth-order valence-corrected chi connectivity index (χ4v) is 3.50. The highest BCUT2D eigenvalue weighted by Gasteiger charge is 2.33. The minimum atomic E-state index is -0.876. The maximum absolute atomic E-state index is 13.5. The number of amides is 1. The van der Waals surface area contributed by atoms with Crippen LogP contribution in [0.3, 0.4) is 0 Å². The number of furan rings is 1. The highest BCUT2D eigenvalue weighted by molar-refractivity contribution is 6.00. The van der Waals surface area contributed by atoms with Gasteiger partial charge >= 0.3 is 11.9 Å². The Kier molecular flexibility index (Phi) is 5.22. The van der Waals surface area contributed by atoms with Crippen molar-refractivity contribution in [1.82, 2.24) is 0 Å².